The van der Waals surface area contributed by atoms with Crippen LogP contribution in [0, 0.1) is 17.5 Å². The largest absolute Gasteiger partial charge is 0.417 e. The highest BCUT2D eigenvalue weighted by atomic mass is 32.2. The summed E-state index contributed by atoms with van der Waals surface area (Å²) in [5.41, 5.74) is -2.23. The molecule has 10 nitrogen and oxygen atoms in total. The van der Waals surface area contributed by atoms with Crippen LogP contribution in [0.1, 0.15) is 31.1 Å². The molecule has 6 rings (SSSR count). The molecule has 45 heavy (non-hydrogen) atoms. The number of hydrogen-bond acceptors (Lipinski definition) is 8. The Morgan fingerprint density at radius 3 is 2.56 bits per heavy atom. The summed E-state index contributed by atoms with van der Waals surface area (Å²) in [5.74, 6) is -4.09. The summed E-state index contributed by atoms with van der Waals surface area (Å²) in [7, 11) is -5.13. The first-order valence-electron chi connectivity index (χ1n) is 13.3. The molecule has 0 amide bonds. The molecule has 0 bridgehead atoms. The molecular weight excluding hydrogens is 628 g/mol. The molecular formula is C28H21F6N7O3S. The Balaban J connectivity index is 1.36. The van der Waals surface area contributed by atoms with E-state index in [9.17, 15) is 30.4 Å². The van der Waals surface area contributed by atoms with Gasteiger partial charge >= 0.3 is 6.18 Å². The first-order chi connectivity index (χ1) is 21.4. The number of sulfonamides is 1. The number of imidazole rings is 1. The smallest absolute Gasteiger partial charge is 0.358 e. The van der Waals surface area contributed by atoms with Gasteiger partial charge in [0.15, 0.2) is 11.5 Å². The fourth-order valence-corrected chi connectivity index (χ4v) is 6.19. The van der Waals surface area contributed by atoms with Crippen molar-refractivity contribution in [3.8, 4) is 11.3 Å². The quantitative estimate of drug-likeness (QED) is 0.190. The van der Waals surface area contributed by atoms with Crippen molar-refractivity contribution < 1.29 is 39.5 Å². The van der Waals surface area contributed by atoms with E-state index in [2.05, 4.69) is 25.3 Å². The first kappa shape index (κ1) is 30.3. The number of nitrogens with zero attached hydrogens (tertiary/aromatic N) is 5. The average Bonchev–Trinajstić information content (AvgIpc) is 3.45. The standard InChI is InChI=1S/C28H21F6N7O3S/c29-15-6-9-20(17(12-15)28(32,33)34)45(42,43)40-19-8-7-18(30)24(22(19)31)39-26-16(4-3-10-35-26)23-25-27(37-13-36-23)41(14-38-25)21-5-1-2-11-44-21/h3-4,6-10,12-14,21,40H,1-2,5,11H2,(H,35,39). The van der Waals surface area contributed by atoms with Crippen LogP contribution in [0.25, 0.3) is 22.4 Å². The van der Waals surface area contributed by atoms with E-state index in [-0.39, 0.29) is 29.4 Å². The number of nitrogens with one attached hydrogen (secondary N) is 2. The molecule has 5 aromatic rings. The number of benzene rings is 2. The van der Waals surface area contributed by atoms with Gasteiger partial charge in [0.05, 0.1) is 22.5 Å². The van der Waals surface area contributed by atoms with Gasteiger partial charge in [0.1, 0.15) is 46.9 Å². The zero-order valence-electron chi connectivity index (χ0n) is 22.8. The molecule has 0 radical (unpaired) electrons. The van der Waals surface area contributed by atoms with Gasteiger partial charge in [-0.3, -0.25) is 9.29 Å². The predicted molar refractivity (Wildman–Crippen MR) is 149 cm³/mol. The van der Waals surface area contributed by atoms with Crippen LogP contribution in [0.5, 0.6) is 0 Å². The van der Waals surface area contributed by atoms with Crippen LogP contribution in [0.15, 0.2) is 66.2 Å². The van der Waals surface area contributed by atoms with Crippen molar-refractivity contribution in [3.63, 3.8) is 0 Å². The molecule has 1 aliphatic heterocycles. The van der Waals surface area contributed by atoms with Crippen LogP contribution >= 0.6 is 0 Å². The van der Waals surface area contributed by atoms with Gasteiger partial charge in [0.25, 0.3) is 10.0 Å². The second-order valence-corrected chi connectivity index (χ2v) is 11.6. The average molecular weight is 650 g/mol. The number of alkyl halides is 3. The summed E-state index contributed by atoms with van der Waals surface area (Å²) in [6.45, 7) is 0.582. The molecule has 4 heterocycles. The van der Waals surface area contributed by atoms with Crippen molar-refractivity contribution in [2.24, 2.45) is 0 Å². The molecule has 2 aromatic carbocycles. The lowest BCUT2D eigenvalue weighted by Crippen LogP contribution is -2.20. The van der Waals surface area contributed by atoms with E-state index in [1.54, 1.807) is 27.7 Å². The molecule has 1 saturated heterocycles. The number of fused-ring (bicyclic) bond motifs is 1. The Morgan fingerprint density at radius 1 is 0.978 bits per heavy atom. The van der Waals surface area contributed by atoms with Crippen LogP contribution in [0.4, 0.5) is 43.5 Å². The molecule has 3 aromatic heterocycles. The van der Waals surface area contributed by atoms with Crippen LogP contribution in [0.3, 0.4) is 0 Å². The lowest BCUT2D eigenvalue weighted by atomic mass is 10.1. The van der Waals surface area contributed by atoms with Gasteiger partial charge in [-0.15, -0.1) is 0 Å². The zero-order chi connectivity index (χ0) is 31.9. The summed E-state index contributed by atoms with van der Waals surface area (Å²) in [4.78, 5) is 15.9. The van der Waals surface area contributed by atoms with Crippen LogP contribution in [-0.4, -0.2) is 39.5 Å². The highest BCUT2D eigenvalue weighted by Gasteiger charge is 2.38. The number of halogens is 6. The third-order valence-electron chi connectivity index (χ3n) is 7.00. The molecule has 234 valence electrons. The zero-order valence-corrected chi connectivity index (χ0v) is 23.6. The third kappa shape index (κ3) is 5.87. The number of rotatable bonds is 7. The molecule has 0 spiro atoms. The van der Waals surface area contributed by atoms with Crippen molar-refractivity contribution in [3.05, 3.63) is 84.3 Å². The molecule has 1 unspecified atom stereocenters. The molecule has 2 N–H and O–H groups in total. The van der Waals surface area contributed by atoms with Crippen molar-refractivity contribution in [2.45, 2.75) is 36.6 Å². The topological polar surface area (TPSA) is 124 Å². The first-order valence-corrected chi connectivity index (χ1v) is 14.8. The number of pyridine rings is 1. The van der Waals surface area contributed by atoms with Gasteiger partial charge in [-0.2, -0.15) is 13.2 Å². The number of aromatic nitrogens is 5. The summed E-state index contributed by atoms with van der Waals surface area (Å²) >= 11 is 0. The molecule has 17 heteroatoms. The third-order valence-corrected chi connectivity index (χ3v) is 8.43. The van der Waals surface area contributed by atoms with E-state index in [1.165, 1.54) is 12.5 Å². The summed E-state index contributed by atoms with van der Waals surface area (Å²) in [6, 6.07) is 5.41. The SMILES string of the molecule is O=S(=O)(Nc1ccc(F)c(Nc2ncccc2-c2ncnc3c2ncn3C2CCCCO2)c1F)c1ccc(F)cc1C(F)(F)F. The van der Waals surface area contributed by atoms with Crippen molar-refractivity contribution in [1.82, 2.24) is 24.5 Å². The Kier molecular flexibility index (Phi) is 7.82. The van der Waals surface area contributed by atoms with Crippen molar-refractivity contribution in [2.75, 3.05) is 16.6 Å². The number of ether oxygens (including phenoxy) is 1. The van der Waals surface area contributed by atoms with E-state index in [0.29, 0.717) is 42.0 Å². The van der Waals surface area contributed by atoms with Crippen LogP contribution in [0.2, 0.25) is 0 Å². The van der Waals surface area contributed by atoms with Gasteiger partial charge in [0, 0.05) is 18.4 Å². The minimum absolute atomic E-state index is 0.000505. The minimum Gasteiger partial charge on any atom is -0.358 e. The fourth-order valence-electron chi connectivity index (χ4n) is 4.92. The summed E-state index contributed by atoms with van der Waals surface area (Å²) in [6.07, 6.45) is 1.29. The minimum atomic E-state index is -5.25. The second-order valence-electron chi connectivity index (χ2n) is 9.92. The normalized spacial score (nSPS) is 15.7. The fraction of sp³-hybridized carbons (Fsp3) is 0.214. The van der Waals surface area contributed by atoms with Crippen LogP contribution < -0.4 is 10.0 Å². The van der Waals surface area contributed by atoms with Gasteiger partial charge in [-0.1, -0.05) is 0 Å². The Bertz CT molecular complexity index is 2010. The molecule has 0 saturated carbocycles. The maximum atomic E-state index is 15.7. The van der Waals surface area contributed by atoms with Gasteiger partial charge in [0.2, 0.25) is 0 Å². The van der Waals surface area contributed by atoms with E-state index in [4.69, 9.17) is 4.74 Å². The Labute approximate surface area is 251 Å². The highest BCUT2D eigenvalue weighted by molar-refractivity contribution is 7.92. The van der Waals surface area contributed by atoms with Crippen molar-refractivity contribution >= 4 is 38.4 Å². The monoisotopic (exact) mass is 649 g/mol. The van der Waals surface area contributed by atoms with E-state index in [1.807, 2.05) is 0 Å². The molecule has 1 fully saturated rings. The van der Waals surface area contributed by atoms with Gasteiger partial charge in [-0.25, -0.2) is 41.5 Å². The lowest BCUT2D eigenvalue weighted by molar-refractivity contribution is -0.140. The lowest BCUT2D eigenvalue weighted by Gasteiger charge is -2.23. The molecule has 0 aliphatic carbocycles. The van der Waals surface area contributed by atoms with Crippen LogP contribution in [-0.2, 0) is 20.9 Å². The van der Waals surface area contributed by atoms with Gasteiger partial charge in [-0.05, 0) is 61.7 Å². The predicted octanol–water partition coefficient (Wildman–Crippen LogP) is 6.57. The Morgan fingerprint density at radius 2 is 1.80 bits per heavy atom. The summed E-state index contributed by atoms with van der Waals surface area (Å²) in [5, 5.41) is 2.51. The highest BCUT2D eigenvalue weighted by Crippen LogP contribution is 2.38. The Hall–Kier alpha value is -4.77. The maximum Gasteiger partial charge on any atom is 0.417 e. The van der Waals surface area contributed by atoms with E-state index >= 15 is 4.39 Å². The number of anilines is 3. The van der Waals surface area contributed by atoms with E-state index < -0.39 is 55.5 Å². The maximum absolute atomic E-state index is 15.7. The second kappa shape index (κ2) is 11.6. The van der Waals surface area contributed by atoms with Gasteiger partial charge < -0.3 is 10.1 Å². The van der Waals surface area contributed by atoms with E-state index in [0.717, 1.165) is 19.3 Å². The summed E-state index contributed by atoms with van der Waals surface area (Å²) < 4.78 is 120. The molecule has 1 atom stereocenters. The van der Waals surface area contributed by atoms with Crippen molar-refractivity contribution in [1.29, 1.82) is 0 Å². The molecule has 1 aliphatic rings. The number of hydrogen-bond donors (Lipinski definition) is 2.